The minimum absolute atomic E-state index is 0.0417. The average molecular weight is 316 g/mol. The van der Waals surface area contributed by atoms with Crippen LogP contribution in [-0.2, 0) is 9.47 Å². The van der Waals surface area contributed by atoms with E-state index in [0.29, 0.717) is 26.4 Å². The molecule has 0 saturated carbocycles. The van der Waals surface area contributed by atoms with Crippen LogP contribution in [-0.4, -0.2) is 72.0 Å². The number of carboxylic acid groups (broad SMARTS) is 2. The van der Waals surface area contributed by atoms with Gasteiger partial charge in [-0.3, -0.25) is 0 Å². The van der Waals surface area contributed by atoms with Crippen molar-refractivity contribution in [3.63, 3.8) is 0 Å². The number of hydrogen-bond donors (Lipinski definition) is 4. The lowest BCUT2D eigenvalue weighted by atomic mass is 10.1. The normalized spacial score (nSPS) is 9.73. The standard InChI is InChI=1S/C8H6O4.C6H14O4/c9-7(10)5-3-1-2-4-6(5)8(11)12;7-1-3-9-5-6-10-4-2-8/h1-4H,(H,9,10)(H,11,12);7-8H,1-6H2. The van der Waals surface area contributed by atoms with Gasteiger partial charge in [0.2, 0.25) is 0 Å². The number of ether oxygens (including phenoxy) is 2. The number of hydrogen-bond acceptors (Lipinski definition) is 6. The molecule has 0 fully saturated rings. The molecule has 0 radical (unpaired) electrons. The molecule has 0 aliphatic heterocycles. The molecule has 8 heteroatoms. The Balaban J connectivity index is 0.000000409. The predicted octanol–water partition coefficient (Wildman–Crippen LogP) is 0.0872. The summed E-state index contributed by atoms with van der Waals surface area (Å²) in [5, 5.41) is 33.6. The molecule has 0 aliphatic rings. The van der Waals surface area contributed by atoms with Gasteiger partial charge in [-0.15, -0.1) is 0 Å². The highest BCUT2D eigenvalue weighted by Gasteiger charge is 2.13. The number of aromatic carboxylic acids is 2. The van der Waals surface area contributed by atoms with Crippen molar-refractivity contribution >= 4 is 11.9 Å². The maximum atomic E-state index is 10.5. The van der Waals surface area contributed by atoms with Crippen LogP contribution < -0.4 is 0 Å². The Hall–Kier alpha value is -2.00. The minimum atomic E-state index is -1.23. The van der Waals surface area contributed by atoms with Gasteiger partial charge in [0.25, 0.3) is 0 Å². The first-order chi connectivity index (χ1) is 10.5. The number of benzene rings is 1. The maximum absolute atomic E-state index is 10.5. The summed E-state index contributed by atoms with van der Waals surface area (Å²) in [5.41, 5.74) is -0.380. The zero-order valence-electron chi connectivity index (χ0n) is 12.0. The Morgan fingerprint density at radius 2 is 1.14 bits per heavy atom. The van der Waals surface area contributed by atoms with E-state index in [1.165, 1.54) is 24.3 Å². The largest absolute Gasteiger partial charge is 0.478 e. The molecule has 0 heterocycles. The summed E-state index contributed by atoms with van der Waals surface area (Å²) in [5.74, 6) is -2.46. The number of carboxylic acids is 2. The maximum Gasteiger partial charge on any atom is 0.336 e. The molecule has 1 aromatic carbocycles. The quantitative estimate of drug-likeness (QED) is 0.471. The third-order valence-corrected chi connectivity index (χ3v) is 2.23. The van der Waals surface area contributed by atoms with E-state index in [-0.39, 0.29) is 24.3 Å². The summed E-state index contributed by atoms with van der Waals surface area (Å²) in [7, 11) is 0. The van der Waals surface area contributed by atoms with Crippen LogP contribution in [0.4, 0.5) is 0 Å². The van der Waals surface area contributed by atoms with Gasteiger partial charge in [-0.1, -0.05) is 12.1 Å². The molecule has 0 spiro atoms. The molecule has 4 N–H and O–H groups in total. The molecule has 0 amide bonds. The van der Waals surface area contributed by atoms with E-state index in [4.69, 9.17) is 29.9 Å². The van der Waals surface area contributed by atoms with E-state index < -0.39 is 11.9 Å². The van der Waals surface area contributed by atoms with Crippen molar-refractivity contribution in [1.29, 1.82) is 0 Å². The van der Waals surface area contributed by atoms with Crippen LogP contribution in [0.3, 0.4) is 0 Å². The van der Waals surface area contributed by atoms with Crippen LogP contribution in [0, 0.1) is 0 Å². The topological polar surface area (TPSA) is 134 Å². The monoisotopic (exact) mass is 316 g/mol. The number of carbonyl (C=O) groups is 2. The van der Waals surface area contributed by atoms with Crippen LogP contribution in [0.25, 0.3) is 0 Å². The average Bonchev–Trinajstić information content (AvgIpc) is 2.51. The molecule has 0 aromatic heterocycles. The highest BCUT2D eigenvalue weighted by atomic mass is 16.5. The van der Waals surface area contributed by atoms with Gasteiger partial charge in [0.15, 0.2) is 0 Å². The van der Waals surface area contributed by atoms with Crippen molar-refractivity contribution in [1.82, 2.24) is 0 Å². The van der Waals surface area contributed by atoms with E-state index in [1.54, 1.807) is 0 Å². The third-order valence-electron chi connectivity index (χ3n) is 2.23. The van der Waals surface area contributed by atoms with Crippen LogP contribution in [0.15, 0.2) is 24.3 Å². The van der Waals surface area contributed by atoms with Crippen molar-refractivity contribution in [2.45, 2.75) is 0 Å². The van der Waals surface area contributed by atoms with Crippen LogP contribution in [0.1, 0.15) is 20.7 Å². The van der Waals surface area contributed by atoms with E-state index in [1.807, 2.05) is 0 Å². The van der Waals surface area contributed by atoms with Crippen LogP contribution in [0.5, 0.6) is 0 Å². The summed E-state index contributed by atoms with van der Waals surface area (Å²) in [6.45, 7) is 1.73. The van der Waals surface area contributed by atoms with Gasteiger partial charge >= 0.3 is 11.9 Å². The minimum Gasteiger partial charge on any atom is -0.478 e. The molecule has 22 heavy (non-hydrogen) atoms. The lowest BCUT2D eigenvalue weighted by molar-refractivity contribution is 0.0222. The molecule has 0 aliphatic carbocycles. The lowest BCUT2D eigenvalue weighted by Gasteiger charge is -2.01. The fourth-order valence-electron chi connectivity index (χ4n) is 1.31. The molecule has 8 nitrogen and oxygen atoms in total. The van der Waals surface area contributed by atoms with Crippen LogP contribution in [0.2, 0.25) is 0 Å². The molecular weight excluding hydrogens is 296 g/mol. The Bertz CT molecular complexity index is 405. The van der Waals surface area contributed by atoms with Crippen molar-refractivity contribution in [3.8, 4) is 0 Å². The van der Waals surface area contributed by atoms with Gasteiger partial charge in [-0.05, 0) is 12.1 Å². The Kier molecular flexibility index (Phi) is 11.6. The summed E-state index contributed by atoms with van der Waals surface area (Å²) < 4.78 is 9.75. The Labute approximate surface area is 127 Å². The summed E-state index contributed by atoms with van der Waals surface area (Å²) in [6, 6.07) is 5.48. The smallest absolute Gasteiger partial charge is 0.336 e. The van der Waals surface area contributed by atoms with Crippen molar-refractivity contribution in [3.05, 3.63) is 35.4 Å². The molecule has 0 unspecified atom stereocenters. The SMILES string of the molecule is O=C(O)c1ccccc1C(=O)O.OCCOCCOCCO. The zero-order chi connectivity index (χ0) is 16.8. The molecule has 0 bridgehead atoms. The van der Waals surface area contributed by atoms with E-state index in [0.717, 1.165) is 0 Å². The number of rotatable bonds is 9. The summed E-state index contributed by atoms with van der Waals surface area (Å²) >= 11 is 0. The van der Waals surface area contributed by atoms with Gasteiger partial charge in [-0.2, -0.15) is 0 Å². The second-order valence-corrected chi connectivity index (χ2v) is 3.83. The Morgan fingerprint density at radius 3 is 1.41 bits per heavy atom. The molecule has 124 valence electrons. The molecule has 1 aromatic rings. The molecular formula is C14H20O8. The molecule has 0 atom stereocenters. The molecule has 1 rings (SSSR count). The lowest BCUT2D eigenvalue weighted by Crippen LogP contribution is -2.09. The number of aliphatic hydroxyl groups is 2. The highest BCUT2D eigenvalue weighted by molar-refractivity contribution is 6.01. The zero-order valence-corrected chi connectivity index (χ0v) is 12.0. The van der Waals surface area contributed by atoms with Gasteiger partial charge in [-0.25, -0.2) is 9.59 Å². The Morgan fingerprint density at radius 1 is 0.773 bits per heavy atom. The fourth-order valence-corrected chi connectivity index (χ4v) is 1.31. The van der Waals surface area contributed by atoms with Crippen molar-refractivity contribution < 1.29 is 39.5 Å². The predicted molar refractivity (Wildman–Crippen MR) is 76.2 cm³/mol. The van der Waals surface area contributed by atoms with Gasteiger partial charge in [0.05, 0.1) is 50.8 Å². The molecule has 0 saturated heterocycles. The third kappa shape index (κ3) is 9.03. The highest BCUT2D eigenvalue weighted by Crippen LogP contribution is 2.07. The van der Waals surface area contributed by atoms with Crippen molar-refractivity contribution in [2.75, 3.05) is 39.6 Å². The van der Waals surface area contributed by atoms with E-state index in [9.17, 15) is 9.59 Å². The summed E-state index contributed by atoms with van der Waals surface area (Å²) in [4.78, 5) is 20.9. The first kappa shape index (κ1) is 20.0. The summed E-state index contributed by atoms with van der Waals surface area (Å²) in [6.07, 6.45) is 0. The first-order valence-corrected chi connectivity index (χ1v) is 6.47. The van der Waals surface area contributed by atoms with Crippen molar-refractivity contribution in [2.24, 2.45) is 0 Å². The second kappa shape index (κ2) is 12.7. The van der Waals surface area contributed by atoms with Crippen LogP contribution >= 0.6 is 0 Å². The van der Waals surface area contributed by atoms with Gasteiger partial charge in [0.1, 0.15) is 0 Å². The second-order valence-electron chi connectivity index (χ2n) is 3.83. The number of aliphatic hydroxyl groups excluding tert-OH is 2. The van der Waals surface area contributed by atoms with Gasteiger partial charge < -0.3 is 29.9 Å². The van der Waals surface area contributed by atoms with E-state index >= 15 is 0 Å². The first-order valence-electron chi connectivity index (χ1n) is 6.47. The fraction of sp³-hybridized carbons (Fsp3) is 0.429. The van der Waals surface area contributed by atoms with E-state index in [2.05, 4.69) is 0 Å². The van der Waals surface area contributed by atoms with Gasteiger partial charge in [0, 0.05) is 0 Å².